The van der Waals surface area contributed by atoms with Crippen molar-refractivity contribution in [3.8, 4) is 0 Å². The monoisotopic (exact) mass is 179 g/mol. The van der Waals surface area contributed by atoms with E-state index >= 15 is 0 Å². The third-order valence-corrected chi connectivity index (χ3v) is 2.60. The molecule has 0 heterocycles. The molecule has 0 amide bonds. The molecule has 0 N–H and O–H groups in total. The molecule has 1 radical (unpaired) electrons. The van der Waals surface area contributed by atoms with Crippen LogP contribution in [0.25, 0.3) is 0 Å². The highest BCUT2D eigenvalue weighted by Gasteiger charge is 1.99. The molecule has 0 aliphatic rings. The topological polar surface area (TPSA) is 0 Å². The van der Waals surface area contributed by atoms with Gasteiger partial charge in [0.15, 0.2) is 0 Å². The van der Waals surface area contributed by atoms with E-state index in [4.69, 9.17) is 0 Å². The summed E-state index contributed by atoms with van der Waals surface area (Å²) in [7, 11) is 0. The molecule has 0 fully saturated rings. The molecule has 1 aromatic carbocycles. The Morgan fingerprint density at radius 2 is 2.08 bits per heavy atom. The normalized spacial score (nSPS) is 10.7. The fourth-order valence-corrected chi connectivity index (χ4v) is 1.78. The van der Waals surface area contributed by atoms with E-state index in [1.165, 1.54) is 16.4 Å². The summed E-state index contributed by atoms with van der Waals surface area (Å²) in [6.45, 7) is 6.48. The van der Waals surface area contributed by atoms with E-state index in [2.05, 4.69) is 45.0 Å². The lowest BCUT2D eigenvalue weighted by molar-refractivity contribution is 1.13. The van der Waals surface area contributed by atoms with Crippen LogP contribution in [0.15, 0.2) is 29.2 Å². The predicted molar refractivity (Wildman–Crippen MR) is 56.5 cm³/mol. The molecule has 0 aromatic heterocycles. The molecule has 0 nitrogen and oxygen atoms in total. The summed E-state index contributed by atoms with van der Waals surface area (Å²) in [6, 6.07) is 8.71. The van der Waals surface area contributed by atoms with Crippen LogP contribution in [0, 0.1) is 5.92 Å². The van der Waals surface area contributed by atoms with Crippen molar-refractivity contribution in [2.75, 3.05) is 5.75 Å². The third kappa shape index (κ3) is 2.56. The van der Waals surface area contributed by atoms with Crippen molar-refractivity contribution in [1.29, 1.82) is 0 Å². The molecular formula is C11H15S. The Kier molecular flexibility index (Phi) is 3.67. The first kappa shape index (κ1) is 9.66. The van der Waals surface area contributed by atoms with Gasteiger partial charge >= 0.3 is 0 Å². The van der Waals surface area contributed by atoms with Gasteiger partial charge in [-0.25, -0.2) is 0 Å². The summed E-state index contributed by atoms with van der Waals surface area (Å²) in [5, 5.41) is 0. The quantitative estimate of drug-likeness (QED) is 0.637. The molecule has 0 spiro atoms. The van der Waals surface area contributed by atoms with Crippen molar-refractivity contribution in [2.24, 2.45) is 0 Å². The second-order valence-corrected chi connectivity index (χ2v) is 4.30. The van der Waals surface area contributed by atoms with Crippen LogP contribution in [0.5, 0.6) is 0 Å². The van der Waals surface area contributed by atoms with E-state index in [9.17, 15) is 0 Å². The van der Waals surface area contributed by atoms with Gasteiger partial charge in [0.2, 0.25) is 0 Å². The number of benzene rings is 1. The molecule has 0 saturated carbocycles. The van der Waals surface area contributed by atoms with Crippen LogP contribution in [0.4, 0.5) is 0 Å². The van der Waals surface area contributed by atoms with Crippen LogP contribution in [-0.4, -0.2) is 5.75 Å². The average Bonchev–Trinajstić information content (AvgIpc) is 2.05. The lowest BCUT2D eigenvalue weighted by atomic mass is 10.0. The van der Waals surface area contributed by atoms with E-state index in [-0.39, 0.29) is 0 Å². The van der Waals surface area contributed by atoms with E-state index < -0.39 is 0 Å². The molecule has 0 unspecified atom stereocenters. The number of hydrogen-bond acceptors (Lipinski definition) is 1. The lowest BCUT2D eigenvalue weighted by Crippen LogP contribution is -1.87. The van der Waals surface area contributed by atoms with Gasteiger partial charge < -0.3 is 0 Å². The van der Waals surface area contributed by atoms with Gasteiger partial charge in [-0.15, -0.1) is 11.8 Å². The Hall–Kier alpha value is -0.430. The highest BCUT2D eigenvalue weighted by molar-refractivity contribution is 7.99. The lowest BCUT2D eigenvalue weighted by Gasteiger charge is -2.05. The van der Waals surface area contributed by atoms with Crippen LogP contribution in [0.3, 0.4) is 0 Å². The van der Waals surface area contributed by atoms with Gasteiger partial charge in [-0.2, -0.15) is 0 Å². The molecule has 0 aliphatic heterocycles. The summed E-state index contributed by atoms with van der Waals surface area (Å²) in [4.78, 5) is 1.37. The minimum absolute atomic E-state index is 1.15. The molecule has 1 rings (SSSR count). The zero-order valence-corrected chi connectivity index (χ0v) is 8.74. The van der Waals surface area contributed by atoms with Gasteiger partial charge in [0.05, 0.1) is 0 Å². The zero-order chi connectivity index (χ0) is 8.97. The van der Waals surface area contributed by atoms with E-state index in [0.717, 1.165) is 5.75 Å². The number of rotatable bonds is 3. The van der Waals surface area contributed by atoms with Crippen LogP contribution in [0.2, 0.25) is 0 Å². The second kappa shape index (κ2) is 4.56. The van der Waals surface area contributed by atoms with Crippen LogP contribution in [0.1, 0.15) is 26.3 Å². The van der Waals surface area contributed by atoms with Crippen molar-refractivity contribution >= 4 is 11.8 Å². The Morgan fingerprint density at radius 3 is 2.67 bits per heavy atom. The first-order valence-electron chi connectivity index (χ1n) is 4.27. The fourth-order valence-electron chi connectivity index (χ4n) is 1.06. The molecule has 12 heavy (non-hydrogen) atoms. The van der Waals surface area contributed by atoms with Crippen molar-refractivity contribution in [1.82, 2.24) is 0 Å². The predicted octanol–water partition coefficient (Wildman–Crippen LogP) is 3.76. The van der Waals surface area contributed by atoms with Crippen LogP contribution in [-0.2, 0) is 0 Å². The van der Waals surface area contributed by atoms with E-state index in [1.54, 1.807) is 0 Å². The Labute approximate surface area is 79.4 Å². The summed E-state index contributed by atoms with van der Waals surface area (Å²) in [6.07, 6.45) is 0. The van der Waals surface area contributed by atoms with Crippen LogP contribution < -0.4 is 0 Å². The minimum Gasteiger partial charge on any atom is -0.126 e. The summed E-state index contributed by atoms with van der Waals surface area (Å²) >= 11 is 1.89. The van der Waals surface area contributed by atoms with Gasteiger partial charge in [0.1, 0.15) is 0 Å². The molecule has 0 aliphatic carbocycles. The van der Waals surface area contributed by atoms with Gasteiger partial charge in [0, 0.05) is 4.90 Å². The second-order valence-electron chi connectivity index (χ2n) is 2.96. The maximum Gasteiger partial charge on any atom is 0.00747 e. The summed E-state index contributed by atoms with van der Waals surface area (Å²) in [5.41, 5.74) is 1.36. The van der Waals surface area contributed by atoms with E-state index in [1.807, 2.05) is 11.8 Å². The smallest absolute Gasteiger partial charge is 0.00747 e. The number of hydrogen-bond donors (Lipinski definition) is 0. The minimum atomic E-state index is 1.15. The van der Waals surface area contributed by atoms with Crippen LogP contribution >= 0.6 is 11.8 Å². The molecule has 0 saturated heterocycles. The molecule has 1 aromatic rings. The van der Waals surface area contributed by atoms with Gasteiger partial charge in [-0.3, -0.25) is 0 Å². The van der Waals surface area contributed by atoms with Crippen molar-refractivity contribution in [3.63, 3.8) is 0 Å². The highest BCUT2D eigenvalue weighted by atomic mass is 32.2. The first-order valence-corrected chi connectivity index (χ1v) is 5.26. The molecule has 0 bridgehead atoms. The van der Waals surface area contributed by atoms with Gasteiger partial charge in [-0.1, -0.05) is 32.9 Å². The Bertz CT molecular complexity index is 241. The summed E-state index contributed by atoms with van der Waals surface area (Å²) in [5.74, 6) is 2.53. The number of thioether (sulfide) groups is 1. The first-order chi connectivity index (χ1) is 5.74. The third-order valence-electron chi connectivity index (χ3n) is 1.72. The van der Waals surface area contributed by atoms with Crippen molar-refractivity contribution in [3.05, 3.63) is 35.7 Å². The zero-order valence-electron chi connectivity index (χ0n) is 7.92. The maximum absolute atomic E-state index is 2.25. The fraction of sp³-hybridized carbons (Fsp3) is 0.364. The maximum atomic E-state index is 2.25. The summed E-state index contributed by atoms with van der Waals surface area (Å²) < 4.78 is 0. The Morgan fingerprint density at radius 1 is 1.33 bits per heavy atom. The average molecular weight is 179 g/mol. The largest absolute Gasteiger partial charge is 0.126 e. The highest BCUT2D eigenvalue weighted by Crippen LogP contribution is 2.22. The van der Waals surface area contributed by atoms with Crippen molar-refractivity contribution < 1.29 is 0 Å². The molecule has 1 heteroatoms. The molecule has 0 atom stereocenters. The Balaban J connectivity index is 2.81. The van der Waals surface area contributed by atoms with Crippen molar-refractivity contribution in [2.45, 2.75) is 25.7 Å². The standard InChI is InChI=1S/C11H15S/c1-4-12-11-7-5-6-10(8-11)9(2)3/h5-8H,4H2,1-3H3. The van der Waals surface area contributed by atoms with E-state index in [0.29, 0.717) is 0 Å². The van der Waals surface area contributed by atoms with Gasteiger partial charge in [-0.05, 0) is 29.4 Å². The SMILES string of the molecule is CCSc1cccc([C](C)C)c1. The molecular weight excluding hydrogens is 164 g/mol. The van der Waals surface area contributed by atoms with Gasteiger partial charge in [0.25, 0.3) is 0 Å². The molecule has 65 valence electrons.